The number of aryl methyl sites for hydroxylation is 1. The van der Waals surface area contributed by atoms with E-state index < -0.39 is 12.1 Å². The number of benzene rings is 1. The molecular formula is C20H25N4O4S+. The molecule has 2 aliphatic rings. The van der Waals surface area contributed by atoms with Gasteiger partial charge in [-0.15, -0.1) is 0 Å². The third kappa shape index (κ3) is 4.50. The zero-order chi connectivity index (χ0) is 21.0. The van der Waals surface area contributed by atoms with E-state index in [-0.39, 0.29) is 17.6 Å². The van der Waals surface area contributed by atoms with Crippen molar-refractivity contribution < 1.29 is 23.7 Å². The van der Waals surface area contributed by atoms with Gasteiger partial charge in [0.2, 0.25) is 0 Å². The van der Waals surface area contributed by atoms with Crippen LogP contribution in [0.15, 0.2) is 35.3 Å². The molecule has 0 spiro atoms. The van der Waals surface area contributed by atoms with Gasteiger partial charge in [0, 0.05) is 14.1 Å². The molecule has 1 saturated heterocycles. The van der Waals surface area contributed by atoms with Crippen LogP contribution in [0.3, 0.4) is 0 Å². The third-order valence-electron chi connectivity index (χ3n) is 4.83. The highest BCUT2D eigenvalue weighted by Gasteiger charge is 2.53. The van der Waals surface area contributed by atoms with E-state index in [0.717, 1.165) is 17.7 Å². The number of hydrogen-bond donors (Lipinski definition) is 0. The highest BCUT2D eigenvalue weighted by atomic mass is 32.2. The number of amides is 3. The van der Waals surface area contributed by atoms with Crippen molar-refractivity contribution in [3.63, 3.8) is 0 Å². The predicted octanol–water partition coefficient (Wildman–Crippen LogP) is 1.59. The minimum Gasteiger partial charge on any atom is -0.465 e. The molecule has 0 saturated carbocycles. The summed E-state index contributed by atoms with van der Waals surface area (Å²) in [6.07, 6.45) is 1.66. The monoisotopic (exact) mass is 417 g/mol. The summed E-state index contributed by atoms with van der Waals surface area (Å²) < 4.78 is 6.88. The summed E-state index contributed by atoms with van der Waals surface area (Å²) in [4.78, 5) is 44.0. The minimum atomic E-state index is -0.650. The molecule has 3 rings (SSSR count). The van der Waals surface area contributed by atoms with Gasteiger partial charge in [0.1, 0.15) is 5.75 Å². The lowest BCUT2D eigenvalue weighted by atomic mass is 10.1. The molecule has 8 nitrogen and oxygen atoms in total. The van der Waals surface area contributed by atoms with Crippen molar-refractivity contribution in [1.29, 1.82) is 0 Å². The molecule has 9 heteroatoms. The number of amidine groups is 2. The van der Waals surface area contributed by atoms with Crippen LogP contribution in [0.25, 0.3) is 0 Å². The SMILES string of the molecule is CCOC(=O)CSC1=[N+](CCCc2ccccc2)C2C(=O)N(C)C(=O)N(C)C2=N1. The Morgan fingerprint density at radius 3 is 2.62 bits per heavy atom. The molecule has 29 heavy (non-hydrogen) atoms. The normalized spacial score (nSPS) is 18.9. The number of thioether (sulfide) groups is 1. The molecule has 1 unspecified atom stereocenters. The number of nitrogens with zero attached hydrogens (tertiary/aromatic N) is 4. The van der Waals surface area contributed by atoms with Gasteiger partial charge in [-0.25, -0.2) is 9.37 Å². The van der Waals surface area contributed by atoms with Crippen LogP contribution in [0.2, 0.25) is 0 Å². The fourth-order valence-corrected chi connectivity index (χ4v) is 4.19. The number of aliphatic imine (C=N–C) groups is 1. The Labute approximate surface area is 174 Å². The lowest BCUT2D eigenvalue weighted by molar-refractivity contribution is -0.533. The third-order valence-corrected chi connectivity index (χ3v) is 5.79. The maximum absolute atomic E-state index is 12.8. The van der Waals surface area contributed by atoms with Crippen molar-refractivity contribution >= 4 is 40.7 Å². The summed E-state index contributed by atoms with van der Waals surface area (Å²) in [5.74, 6) is -0.136. The Bertz CT molecular complexity index is 868. The van der Waals surface area contributed by atoms with E-state index in [0.29, 0.717) is 24.2 Å². The van der Waals surface area contributed by atoms with Crippen LogP contribution in [-0.4, -0.2) is 82.3 Å². The van der Waals surface area contributed by atoms with Crippen molar-refractivity contribution in [2.24, 2.45) is 4.99 Å². The van der Waals surface area contributed by atoms with Gasteiger partial charge in [-0.3, -0.25) is 19.4 Å². The first-order valence-corrected chi connectivity index (χ1v) is 10.5. The summed E-state index contributed by atoms with van der Waals surface area (Å²) in [5.41, 5.74) is 1.22. The van der Waals surface area contributed by atoms with Crippen LogP contribution in [0.5, 0.6) is 0 Å². The van der Waals surface area contributed by atoms with Crippen LogP contribution in [0.4, 0.5) is 4.79 Å². The van der Waals surface area contributed by atoms with E-state index in [1.165, 1.54) is 29.3 Å². The van der Waals surface area contributed by atoms with E-state index in [1.807, 2.05) is 22.8 Å². The lowest BCUT2D eigenvalue weighted by Crippen LogP contribution is -2.61. The predicted molar refractivity (Wildman–Crippen MR) is 111 cm³/mol. The van der Waals surface area contributed by atoms with Gasteiger partial charge in [-0.05, 0) is 42.1 Å². The number of rotatable bonds is 7. The van der Waals surface area contributed by atoms with E-state index in [4.69, 9.17) is 4.74 Å². The highest BCUT2D eigenvalue weighted by Crippen LogP contribution is 2.23. The van der Waals surface area contributed by atoms with Crippen molar-refractivity contribution in [3.05, 3.63) is 35.9 Å². The second-order valence-electron chi connectivity index (χ2n) is 6.77. The number of urea groups is 1. The number of carbonyl (C=O) groups excluding carboxylic acids is 3. The van der Waals surface area contributed by atoms with E-state index in [2.05, 4.69) is 17.1 Å². The number of ether oxygens (including phenoxy) is 1. The number of hydrogen-bond acceptors (Lipinski definition) is 6. The van der Waals surface area contributed by atoms with Crippen LogP contribution in [0.1, 0.15) is 18.9 Å². The molecule has 1 atom stereocenters. The zero-order valence-corrected chi connectivity index (χ0v) is 17.6. The highest BCUT2D eigenvalue weighted by molar-refractivity contribution is 8.14. The molecule has 3 amide bonds. The zero-order valence-electron chi connectivity index (χ0n) is 16.8. The van der Waals surface area contributed by atoms with Gasteiger partial charge in [-0.1, -0.05) is 30.3 Å². The number of esters is 1. The molecule has 1 aromatic rings. The summed E-state index contributed by atoms with van der Waals surface area (Å²) in [7, 11) is 3.09. The van der Waals surface area contributed by atoms with Crippen LogP contribution in [-0.2, 0) is 20.7 Å². The van der Waals surface area contributed by atoms with Crippen molar-refractivity contribution in [1.82, 2.24) is 9.80 Å². The minimum absolute atomic E-state index is 0.101. The average Bonchev–Trinajstić information content (AvgIpc) is 3.09. The van der Waals surface area contributed by atoms with Gasteiger partial charge in [0.05, 0.1) is 13.2 Å². The molecule has 2 aliphatic heterocycles. The molecule has 2 heterocycles. The van der Waals surface area contributed by atoms with E-state index in [9.17, 15) is 14.4 Å². The number of fused-ring (bicyclic) bond motifs is 1. The van der Waals surface area contributed by atoms with Crippen LogP contribution >= 0.6 is 11.8 Å². The van der Waals surface area contributed by atoms with E-state index >= 15 is 0 Å². The Morgan fingerprint density at radius 1 is 1.21 bits per heavy atom. The first-order valence-electron chi connectivity index (χ1n) is 9.53. The number of imide groups is 1. The second kappa shape index (κ2) is 9.21. The summed E-state index contributed by atoms with van der Waals surface area (Å²) >= 11 is 1.23. The first-order chi connectivity index (χ1) is 13.9. The molecule has 0 radical (unpaired) electrons. The quantitative estimate of drug-likeness (QED) is 0.497. The summed E-state index contributed by atoms with van der Waals surface area (Å²) in [6.45, 7) is 2.65. The standard InChI is InChI=1S/C20H25N4O4S/c1-4-28-15(25)13-29-19-21-17-16(18(26)23(3)20(27)22(17)2)24(19)12-8-11-14-9-6-5-7-10-14/h5-7,9-10,16H,4,8,11-13H2,1-3H3/q+1. The van der Waals surface area contributed by atoms with Gasteiger partial charge >= 0.3 is 17.2 Å². The van der Waals surface area contributed by atoms with Crippen LogP contribution < -0.4 is 0 Å². The maximum atomic E-state index is 12.8. The number of carbonyl (C=O) groups is 3. The first kappa shape index (κ1) is 21.0. The second-order valence-corrected chi connectivity index (χ2v) is 7.71. The molecule has 1 aromatic carbocycles. The molecule has 1 fully saturated rings. The van der Waals surface area contributed by atoms with Crippen LogP contribution in [0, 0.1) is 0 Å². The molecular weight excluding hydrogens is 392 g/mol. The van der Waals surface area contributed by atoms with Gasteiger partial charge in [-0.2, -0.15) is 0 Å². The van der Waals surface area contributed by atoms with Crippen molar-refractivity contribution in [2.45, 2.75) is 25.8 Å². The fraction of sp³-hybridized carbons (Fsp3) is 0.450. The fourth-order valence-electron chi connectivity index (χ4n) is 3.34. The Hall–Kier alpha value is -2.68. The summed E-state index contributed by atoms with van der Waals surface area (Å²) in [6, 6.07) is 9.05. The molecule has 0 aromatic heterocycles. The van der Waals surface area contributed by atoms with Crippen molar-refractivity contribution in [2.75, 3.05) is 33.0 Å². The van der Waals surface area contributed by atoms with Gasteiger partial charge < -0.3 is 4.74 Å². The lowest BCUT2D eigenvalue weighted by Gasteiger charge is -2.30. The smallest absolute Gasteiger partial charge is 0.358 e. The van der Waals surface area contributed by atoms with E-state index in [1.54, 1.807) is 14.0 Å². The summed E-state index contributed by atoms with van der Waals surface area (Å²) in [5, 5.41) is 0.564. The Balaban J connectivity index is 1.80. The van der Waals surface area contributed by atoms with Gasteiger partial charge in [0.25, 0.3) is 17.8 Å². The number of likely N-dealkylation sites (N-methyl/N-ethyl adjacent to an activating group) is 2. The Morgan fingerprint density at radius 2 is 1.93 bits per heavy atom. The average molecular weight is 418 g/mol. The largest absolute Gasteiger partial charge is 0.465 e. The maximum Gasteiger partial charge on any atom is 0.358 e. The molecule has 0 N–H and O–H groups in total. The Kier molecular flexibility index (Phi) is 6.68. The van der Waals surface area contributed by atoms with Crippen molar-refractivity contribution in [3.8, 4) is 0 Å². The topological polar surface area (TPSA) is 82.3 Å². The molecule has 0 aliphatic carbocycles. The van der Waals surface area contributed by atoms with Gasteiger partial charge in [0.15, 0.2) is 0 Å². The molecule has 0 bridgehead atoms. The molecule has 154 valence electrons.